The molecule has 1 rings (SSSR count). The van der Waals surface area contributed by atoms with Crippen LogP contribution in [-0.2, 0) is 4.79 Å². The number of aliphatic hydroxyl groups excluding tert-OH is 1. The van der Waals surface area contributed by atoms with Crippen molar-refractivity contribution in [3.05, 3.63) is 5.76 Å². The Bertz CT molecular complexity index is 129. The van der Waals surface area contributed by atoms with Gasteiger partial charge in [-0.25, -0.2) is 4.79 Å². The fourth-order valence-electron chi connectivity index (χ4n) is 0.637. The normalized spacial score (nSPS) is 17.5. The summed E-state index contributed by atoms with van der Waals surface area (Å²) in [5, 5.41) is 8.56. The maximum Gasteiger partial charge on any atom is 0.177 e. The third kappa shape index (κ3) is 1.39. The van der Waals surface area contributed by atoms with E-state index in [-0.39, 0.29) is 5.76 Å². The Labute approximate surface area is 47.8 Å². The van der Waals surface area contributed by atoms with E-state index in [0.717, 1.165) is 12.8 Å². The van der Waals surface area contributed by atoms with Crippen LogP contribution < -0.4 is 0 Å². The number of hydrogen-bond donors (Lipinski definition) is 1. The lowest BCUT2D eigenvalue weighted by molar-refractivity contribution is 0.381. The van der Waals surface area contributed by atoms with Gasteiger partial charge in [0.1, 0.15) is 0 Å². The molecule has 0 heterocycles. The third-order valence-corrected chi connectivity index (χ3v) is 1.30. The maximum atomic E-state index is 9.66. The van der Waals surface area contributed by atoms with Crippen LogP contribution in [0.4, 0.5) is 0 Å². The van der Waals surface area contributed by atoms with E-state index in [2.05, 4.69) is 0 Å². The van der Waals surface area contributed by atoms with Crippen LogP contribution >= 0.6 is 0 Å². The highest BCUT2D eigenvalue weighted by Gasteiger charge is 2.22. The van der Waals surface area contributed by atoms with Crippen molar-refractivity contribution in [3.63, 3.8) is 0 Å². The van der Waals surface area contributed by atoms with E-state index in [9.17, 15) is 4.79 Å². The highest BCUT2D eigenvalue weighted by Crippen LogP contribution is 2.33. The average Bonchev–Trinajstić information content (AvgIpc) is 2.50. The fourth-order valence-corrected chi connectivity index (χ4v) is 0.637. The van der Waals surface area contributed by atoms with E-state index < -0.39 is 0 Å². The molecule has 0 saturated heterocycles. The molecule has 1 aliphatic carbocycles. The monoisotopic (exact) mass is 112 g/mol. The van der Waals surface area contributed by atoms with E-state index in [0.29, 0.717) is 12.3 Å². The van der Waals surface area contributed by atoms with Crippen LogP contribution in [0.1, 0.15) is 19.3 Å². The van der Waals surface area contributed by atoms with Crippen LogP contribution in [-0.4, -0.2) is 11.0 Å². The molecule has 2 heteroatoms. The Kier molecular flexibility index (Phi) is 1.36. The van der Waals surface area contributed by atoms with Crippen LogP contribution in [0.3, 0.4) is 0 Å². The molecule has 0 aromatic carbocycles. The molecule has 1 N–H and O–H groups in total. The van der Waals surface area contributed by atoms with Crippen LogP contribution in [0, 0.1) is 5.92 Å². The standard InChI is InChI=1S/C6H8O2/c7-4-6(8)3-5-1-2-5/h5,8H,1-3H2. The molecule has 0 amide bonds. The molecule has 8 heavy (non-hydrogen) atoms. The second-order valence-electron chi connectivity index (χ2n) is 2.20. The Morgan fingerprint density at radius 2 is 2.38 bits per heavy atom. The van der Waals surface area contributed by atoms with Crippen LogP contribution in [0.2, 0.25) is 0 Å². The summed E-state index contributed by atoms with van der Waals surface area (Å²) in [6.07, 6.45) is 2.86. The van der Waals surface area contributed by atoms with E-state index >= 15 is 0 Å². The molecule has 0 bridgehead atoms. The minimum Gasteiger partial charge on any atom is -0.502 e. The average molecular weight is 112 g/mol. The van der Waals surface area contributed by atoms with Crippen molar-refractivity contribution in [2.24, 2.45) is 5.92 Å². The summed E-state index contributed by atoms with van der Waals surface area (Å²) in [7, 11) is 0. The predicted octanol–water partition coefficient (Wildman–Crippen LogP) is 1.06. The Balaban J connectivity index is 2.26. The van der Waals surface area contributed by atoms with Gasteiger partial charge in [0.25, 0.3) is 0 Å². The van der Waals surface area contributed by atoms with Gasteiger partial charge in [0.15, 0.2) is 11.7 Å². The minimum atomic E-state index is -0.118. The molecular formula is C6H8O2. The lowest BCUT2D eigenvalue weighted by Crippen LogP contribution is -1.82. The molecule has 0 unspecified atom stereocenters. The molecule has 1 aliphatic rings. The van der Waals surface area contributed by atoms with Gasteiger partial charge >= 0.3 is 0 Å². The first-order valence-corrected chi connectivity index (χ1v) is 2.76. The van der Waals surface area contributed by atoms with Crippen molar-refractivity contribution in [2.75, 3.05) is 0 Å². The van der Waals surface area contributed by atoms with Gasteiger partial charge in [-0.05, 0) is 18.8 Å². The zero-order valence-electron chi connectivity index (χ0n) is 4.55. The highest BCUT2D eigenvalue weighted by atomic mass is 16.3. The van der Waals surface area contributed by atoms with E-state index in [1.807, 2.05) is 0 Å². The molecule has 0 spiro atoms. The molecule has 0 radical (unpaired) electrons. The Morgan fingerprint density at radius 3 is 2.75 bits per heavy atom. The van der Waals surface area contributed by atoms with Gasteiger partial charge in [-0.2, -0.15) is 0 Å². The topological polar surface area (TPSA) is 37.3 Å². The summed E-state index contributed by atoms with van der Waals surface area (Å²) >= 11 is 0. The summed E-state index contributed by atoms with van der Waals surface area (Å²) < 4.78 is 0. The second kappa shape index (κ2) is 2.01. The van der Waals surface area contributed by atoms with Crippen molar-refractivity contribution in [3.8, 4) is 0 Å². The number of aliphatic hydroxyl groups is 1. The van der Waals surface area contributed by atoms with Gasteiger partial charge in [0, 0.05) is 6.42 Å². The van der Waals surface area contributed by atoms with Gasteiger partial charge in [-0.3, -0.25) is 0 Å². The second-order valence-corrected chi connectivity index (χ2v) is 2.20. The SMILES string of the molecule is O=C=C(O)CC1CC1. The lowest BCUT2D eigenvalue weighted by atomic mass is 10.3. The molecule has 44 valence electrons. The van der Waals surface area contributed by atoms with Crippen molar-refractivity contribution in [1.82, 2.24) is 0 Å². The molecule has 0 aromatic heterocycles. The summed E-state index contributed by atoms with van der Waals surface area (Å²) in [6.45, 7) is 0. The summed E-state index contributed by atoms with van der Waals surface area (Å²) in [5.74, 6) is 1.92. The Hall–Kier alpha value is -0.750. The van der Waals surface area contributed by atoms with E-state index in [1.54, 1.807) is 0 Å². The largest absolute Gasteiger partial charge is 0.502 e. The summed E-state index contributed by atoms with van der Waals surface area (Å²) in [6, 6.07) is 0. The number of rotatable bonds is 2. The van der Waals surface area contributed by atoms with Gasteiger partial charge in [-0.15, -0.1) is 0 Å². The van der Waals surface area contributed by atoms with Crippen LogP contribution in [0.5, 0.6) is 0 Å². The molecule has 0 atom stereocenters. The first-order valence-electron chi connectivity index (χ1n) is 2.76. The molecular weight excluding hydrogens is 104 g/mol. The van der Waals surface area contributed by atoms with Crippen molar-refractivity contribution >= 4 is 5.94 Å². The molecule has 1 saturated carbocycles. The summed E-state index contributed by atoms with van der Waals surface area (Å²) in [5.41, 5.74) is 0. The quantitative estimate of drug-likeness (QED) is 0.428. The molecule has 0 aromatic rings. The number of carbonyl (C=O) groups excluding carboxylic acids is 1. The molecule has 2 nitrogen and oxygen atoms in total. The van der Waals surface area contributed by atoms with Gasteiger partial charge in [0.05, 0.1) is 0 Å². The highest BCUT2D eigenvalue weighted by molar-refractivity contribution is 5.48. The zero-order chi connectivity index (χ0) is 5.98. The van der Waals surface area contributed by atoms with E-state index in [1.165, 1.54) is 5.94 Å². The van der Waals surface area contributed by atoms with Crippen molar-refractivity contribution in [1.29, 1.82) is 0 Å². The van der Waals surface area contributed by atoms with Crippen LogP contribution in [0.15, 0.2) is 5.76 Å². The maximum absolute atomic E-state index is 9.66. The smallest absolute Gasteiger partial charge is 0.177 e. The summed E-state index contributed by atoms with van der Waals surface area (Å²) in [4.78, 5) is 9.66. The van der Waals surface area contributed by atoms with Crippen molar-refractivity contribution in [2.45, 2.75) is 19.3 Å². The van der Waals surface area contributed by atoms with Crippen LogP contribution in [0.25, 0.3) is 0 Å². The molecule has 0 aliphatic heterocycles. The predicted molar refractivity (Wildman–Crippen MR) is 29.2 cm³/mol. The Morgan fingerprint density at radius 1 is 1.75 bits per heavy atom. The van der Waals surface area contributed by atoms with Gasteiger partial charge in [-0.1, -0.05) is 0 Å². The van der Waals surface area contributed by atoms with Gasteiger partial charge in [0.2, 0.25) is 0 Å². The third-order valence-electron chi connectivity index (χ3n) is 1.30. The number of hydrogen-bond acceptors (Lipinski definition) is 2. The first-order chi connectivity index (χ1) is 3.83. The van der Waals surface area contributed by atoms with Crippen molar-refractivity contribution < 1.29 is 9.90 Å². The zero-order valence-corrected chi connectivity index (χ0v) is 4.55. The minimum absolute atomic E-state index is 0.118. The lowest BCUT2D eigenvalue weighted by Gasteiger charge is -1.86. The van der Waals surface area contributed by atoms with E-state index in [4.69, 9.17) is 5.11 Å². The first kappa shape index (κ1) is 5.39. The van der Waals surface area contributed by atoms with Gasteiger partial charge < -0.3 is 5.11 Å². The fraction of sp³-hybridized carbons (Fsp3) is 0.667. The number of allylic oxidation sites excluding steroid dienone is 1. The molecule has 1 fully saturated rings.